The molecule has 0 aliphatic carbocycles. The topological polar surface area (TPSA) is 29.5 Å². The van der Waals surface area contributed by atoms with E-state index in [1.807, 2.05) is 32.0 Å². The Hall–Kier alpha value is -1.51. The first-order valence-corrected chi connectivity index (χ1v) is 6.23. The fraction of sp³-hybridized carbons (Fsp3) is 0.500. The monoisotopic (exact) mass is 233 g/mol. The minimum absolute atomic E-state index is 0.0713. The van der Waals surface area contributed by atoms with E-state index in [2.05, 4.69) is 11.0 Å². The van der Waals surface area contributed by atoms with Crippen LogP contribution in [0.5, 0.6) is 0 Å². The predicted octanol–water partition coefficient (Wildman–Crippen LogP) is 2.85. The van der Waals surface area contributed by atoms with Gasteiger partial charge in [0.1, 0.15) is 0 Å². The second kappa shape index (κ2) is 5.21. The summed E-state index contributed by atoms with van der Waals surface area (Å²) in [6.07, 6.45) is 2.40. The van der Waals surface area contributed by atoms with Crippen molar-refractivity contribution in [3.63, 3.8) is 0 Å². The van der Waals surface area contributed by atoms with E-state index in [0.717, 1.165) is 18.8 Å². The van der Waals surface area contributed by atoms with Crippen molar-refractivity contribution in [2.24, 2.45) is 0 Å². The standard InChI is InChI=1S/C14H19NO2/c1-11(2)17-14(16)12-6-5-7-13(10-12)15-8-3-4-9-15/h5-7,10-11H,3-4,8-9H2,1-2H3. The Morgan fingerprint density at radius 3 is 2.65 bits per heavy atom. The first-order valence-electron chi connectivity index (χ1n) is 6.23. The van der Waals surface area contributed by atoms with Crippen LogP contribution in [0.3, 0.4) is 0 Å². The summed E-state index contributed by atoms with van der Waals surface area (Å²) >= 11 is 0. The third kappa shape index (κ3) is 2.99. The van der Waals surface area contributed by atoms with Gasteiger partial charge >= 0.3 is 5.97 Å². The van der Waals surface area contributed by atoms with Gasteiger partial charge in [-0.25, -0.2) is 4.79 Å². The van der Waals surface area contributed by atoms with Crippen LogP contribution in [0.15, 0.2) is 24.3 Å². The van der Waals surface area contributed by atoms with Gasteiger partial charge in [0, 0.05) is 18.8 Å². The van der Waals surface area contributed by atoms with E-state index in [1.165, 1.54) is 12.8 Å². The fourth-order valence-electron chi connectivity index (χ4n) is 2.09. The zero-order valence-corrected chi connectivity index (χ0v) is 10.5. The summed E-state index contributed by atoms with van der Waals surface area (Å²) < 4.78 is 5.20. The number of anilines is 1. The fourth-order valence-corrected chi connectivity index (χ4v) is 2.09. The molecule has 0 saturated carbocycles. The van der Waals surface area contributed by atoms with Gasteiger partial charge in [0.15, 0.2) is 0 Å². The first-order chi connectivity index (χ1) is 8.16. The molecular weight excluding hydrogens is 214 g/mol. The molecule has 0 bridgehead atoms. The number of carbonyl (C=O) groups is 1. The van der Waals surface area contributed by atoms with E-state index in [-0.39, 0.29) is 12.1 Å². The average Bonchev–Trinajstić information content (AvgIpc) is 2.82. The number of hydrogen-bond acceptors (Lipinski definition) is 3. The SMILES string of the molecule is CC(C)OC(=O)c1cccc(N2CCCC2)c1. The van der Waals surface area contributed by atoms with Crippen LogP contribution in [0.4, 0.5) is 5.69 Å². The predicted molar refractivity (Wildman–Crippen MR) is 68.4 cm³/mol. The maximum absolute atomic E-state index is 11.8. The molecule has 0 radical (unpaired) electrons. The third-order valence-electron chi connectivity index (χ3n) is 2.90. The molecule has 1 saturated heterocycles. The van der Waals surface area contributed by atoms with E-state index in [4.69, 9.17) is 4.74 Å². The number of carbonyl (C=O) groups excluding carboxylic acids is 1. The maximum atomic E-state index is 11.8. The molecule has 0 aromatic heterocycles. The second-order valence-corrected chi connectivity index (χ2v) is 4.70. The molecule has 1 aromatic carbocycles. The number of benzene rings is 1. The lowest BCUT2D eigenvalue weighted by molar-refractivity contribution is 0.0378. The van der Waals surface area contributed by atoms with Crippen LogP contribution < -0.4 is 4.90 Å². The Kier molecular flexibility index (Phi) is 3.67. The van der Waals surface area contributed by atoms with E-state index in [9.17, 15) is 4.79 Å². The lowest BCUT2D eigenvalue weighted by atomic mass is 10.2. The maximum Gasteiger partial charge on any atom is 0.338 e. The van der Waals surface area contributed by atoms with Crippen molar-refractivity contribution in [2.45, 2.75) is 32.8 Å². The normalized spacial score (nSPS) is 15.4. The molecular formula is C14H19NO2. The Labute approximate surface area is 102 Å². The summed E-state index contributed by atoms with van der Waals surface area (Å²) in [6.45, 7) is 5.90. The van der Waals surface area contributed by atoms with Crippen molar-refractivity contribution in [2.75, 3.05) is 18.0 Å². The van der Waals surface area contributed by atoms with Crippen LogP contribution in [0.25, 0.3) is 0 Å². The van der Waals surface area contributed by atoms with Gasteiger partial charge in [-0.15, -0.1) is 0 Å². The molecule has 0 unspecified atom stereocenters. The number of esters is 1. The molecule has 92 valence electrons. The summed E-state index contributed by atoms with van der Waals surface area (Å²) in [5.74, 6) is -0.235. The highest BCUT2D eigenvalue weighted by Gasteiger charge is 2.15. The summed E-state index contributed by atoms with van der Waals surface area (Å²) in [5.41, 5.74) is 1.77. The minimum atomic E-state index is -0.235. The Morgan fingerprint density at radius 1 is 1.29 bits per heavy atom. The van der Waals surface area contributed by atoms with Gasteiger partial charge in [-0.3, -0.25) is 0 Å². The molecule has 1 aromatic rings. The Bertz CT molecular complexity index is 395. The zero-order valence-electron chi connectivity index (χ0n) is 10.5. The van der Waals surface area contributed by atoms with Gasteiger partial charge < -0.3 is 9.64 Å². The molecule has 0 atom stereocenters. The van der Waals surface area contributed by atoms with Crippen molar-refractivity contribution in [1.82, 2.24) is 0 Å². The molecule has 3 nitrogen and oxygen atoms in total. The Balaban J connectivity index is 2.13. The lowest BCUT2D eigenvalue weighted by Crippen LogP contribution is -2.18. The van der Waals surface area contributed by atoms with Crippen molar-refractivity contribution < 1.29 is 9.53 Å². The largest absolute Gasteiger partial charge is 0.459 e. The third-order valence-corrected chi connectivity index (χ3v) is 2.90. The molecule has 1 aliphatic heterocycles. The van der Waals surface area contributed by atoms with Crippen LogP contribution in [0.2, 0.25) is 0 Å². The molecule has 2 rings (SSSR count). The van der Waals surface area contributed by atoms with Gasteiger partial charge in [-0.1, -0.05) is 6.07 Å². The van der Waals surface area contributed by atoms with Gasteiger partial charge in [0.05, 0.1) is 11.7 Å². The van der Waals surface area contributed by atoms with Crippen LogP contribution >= 0.6 is 0 Å². The molecule has 0 N–H and O–H groups in total. The zero-order chi connectivity index (χ0) is 12.3. The quantitative estimate of drug-likeness (QED) is 0.752. The van der Waals surface area contributed by atoms with Crippen LogP contribution in [-0.4, -0.2) is 25.2 Å². The number of rotatable bonds is 3. The van der Waals surface area contributed by atoms with Crippen molar-refractivity contribution in [3.8, 4) is 0 Å². The van der Waals surface area contributed by atoms with Crippen molar-refractivity contribution in [3.05, 3.63) is 29.8 Å². The van der Waals surface area contributed by atoms with Crippen LogP contribution in [-0.2, 0) is 4.74 Å². The number of nitrogens with zero attached hydrogens (tertiary/aromatic N) is 1. The van der Waals surface area contributed by atoms with Gasteiger partial charge in [-0.2, -0.15) is 0 Å². The Morgan fingerprint density at radius 2 is 2.00 bits per heavy atom. The molecule has 1 fully saturated rings. The number of ether oxygens (including phenoxy) is 1. The highest BCUT2D eigenvalue weighted by molar-refractivity contribution is 5.90. The molecule has 0 spiro atoms. The first kappa shape index (κ1) is 12.0. The van der Waals surface area contributed by atoms with Crippen molar-refractivity contribution in [1.29, 1.82) is 0 Å². The molecule has 0 amide bonds. The number of hydrogen-bond donors (Lipinski definition) is 0. The van der Waals surface area contributed by atoms with Crippen LogP contribution in [0, 0.1) is 0 Å². The highest BCUT2D eigenvalue weighted by Crippen LogP contribution is 2.21. The highest BCUT2D eigenvalue weighted by atomic mass is 16.5. The summed E-state index contributed by atoms with van der Waals surface area (Å²) in [4.78, 5) is 14.1. The second-order valence-electron chi connectivity index (χ2n) is 4.70. The van der Waals surface area contributed by atoms with Crippen molar-refractivity contribution >= 4 is 11.7 Å². The minimum Gasteiger partial charge on any atom is -0.459 e. The smallest absolute Gasteiger partial charge is 0.338 e. The summed E-state index contributed by atoms with van der Waals surface area (Å²) in [5, 5.41) is 0. The van der Waals surface area contributed by atoms with Gasteiger partial charge in [0.2, 0.25) is 0 Å². The van der Waals surface area contributed by atoms with E-state index in [0.29, 0.717) is 5.56 Å². The summed E-state index contributed by atoms with van der Waals surface area (Å²) in [7, 11) is 0. The van der Waals surface area contributed by atoms with Crippen LogP contribution in [0.1, 0.15) is 37.0 Å². The van der Waals surface area contributed by atoms with Gasteiger partial charge in [-0.05, 0) is 44.9 Å². The van der Waals surface area contributed by atoms with E-state index in [1.54, 1.807) is 0 Å². The molecule has 17 heavy (non-hydrogen) atoms. The van der Waals surface area contributed by atoms with Gasteiger partial charge in [0.25, 0.3) is 0 Å². The molecule has 1 aliphatic rings. The summed E-state index contributed by atoms with van der Waals surface area (Å²) in [6, 6.07) is 7.71. The van der Waals surface area contributed by atoms with E-state index < -0.39 is 0 Å². The van der Waals surface area contributed by atoms with E-state index >= 15 is 0 Å². The average molecular weight is 233 g/mol. The lowest BCUT2D eigenvalue weighted by Gasteiger charge is -2.18. The molecule has 3 heteroatoms. The molecule has 1 heterocycles.